The second-order valence-corrected chi connectivity index (χ2v) is 7.58. The summed E-state index contributed by atoms with van der Waals surface area (Å²) >= 11 is 22.8. The van der Waals surface area contributed by atoms with Crippen LogP contribution < -0.4 is 0 Å². The van der Waals surface area contributed by atoms with E-state index in [1.165, 1.54) is 0 Å². The van der Waals surface area contributed by atoms with Gasteiger partial charge in [-0.15, -0.1) is 0 Å². The molecule has 1 aromatic heterocycles. The molecule has 0 saturated carbocycles. The molecule has 0 aliphatic carbocycles. The number of hydrogen-bond donors (Lipinski definition) is 1. The fourth-order valence-electron chi connectivity index (χ4n) is 2.48. The zero-order valence-electron chi connectivity index (χ0n) is 13.9. The van der Waals surface area contributed by atoms with Crippen LogP contribution in [-0.2, 0) is 9.53 Å². The third kappa shape index (κ3) is 4.99. The van der Waals surface area contributed by atoms with Crippen molar-refractivity contribution >= 4 is 53.4 Å². The van der Waals surface area contributed by atoms with Crippen LogP contribution in [-0.4, -0.2) is 15.5 Å². The molecule has 1 heterocycles. The average Bonchev–Trinajstić information content (AvgIpc) is 3.21. The lowest BCUT2D eigenvalue weighted by Crippen LogP contribution is -2.21. The molecule has 0 aliphatic rings. The zero-order chi connectivity index (χ0) is 19.4. The number of thiol groups is 1. The molecule has 0 saturated heterocycles. The van der Waals surface area contributed by atoms with Crippen molar-refractivity contribution in [2.45, 2.75) is 16.9 Å². The second kappa shape index (κ2) is 9.02. The van der Waals surface area contributed by atoms with Crippen molar-refractivity contribution in [1.29, 1.82) is 0 Å². The van der Waals surface area contributed by atoms with Gasteiger partial charge >= 0.3 is 5.97 Å². The number of halogens is 3. The fraction of sp³-hybridized carbons (Fsp3) is 0.158. The fourth-order valence-corrected chi connectivity index (χ4v) is 3.28. The third-order valence-corrected chi connectivity index (χ3v) is 5.38. The minimum Gasteiger partial charge on any atom is -0.453 e. The number of nitrogens with zero attached hydrogens (tertiary/aromatic N) is 2. The predicted molar refractivity (Wildman–Crippen MR) is 111 cm³/mol. The van der Waals surface area contributed by atoms with Crippen LogP contribution in [0.4, 0.5) is 0 Å². The van der Waals surface area contributed by atoms with Crippen LogP contribution in [0.15, 0.2) is 67.3 Å². The summed E-state index contributed by atoms with van der Waals surface area (Å²) in [5.41, 5.74) is 0.692. The Morgan fingerprint density at radius 2 is 1.56 bits per heavy atom. The van der Waals surface area contributed by atoms with Crippen molar-refractivity contribution < 1.29 is 9.53 Å². The van der Waals surface area contributed by atoms with Crippen LogP contribution >= 0.6 is 47.4 Å². The zero-order valence-corrected chi connectivity index (χ0v) is 17.0. The second-order valence-electron chi connectivity index (χ2n) is 5.75. The van der Waals surface area contributed by atoms with Gasteiger partial charge in [-0.3, -0.25) is 4.79 Å². The Hall–Kier alpha value is -1.66. The normalized spacial score (nSPS) is 14.4. The maximum absolute atomic E-state index is 12.7. The quantitative estimate of drug-likeness (QED) is 0.295. The Balaban J connectivity index is 1.85. The largest absolute Gasteiger partial charge is 0.453 e. The van der Waals surface area contributed by atoms with Gasteiger partial charge < -0.3 is 9.30 Å². The molecule has 3 unspecified atom stereocenters. The van der Waals surface area contributed by atoms with Gasteiger partial charge in [0.1, 0.15) is 10.8 Å². The van der Waals surface area contributed by atoms with Crippen molar-refractivity contribution in [2.75, 3.05) is 0 Å². The number of carbonyl (C=O) groups is 1. The smallest absolute Gasteiger partial charge is 0.324 e. The summed E-state index contributed by atoms with van der Waals surface area (Å²) in [6.45, 7) is 0. The summed E-state index contributed by atoms with van der Waals surface area (Å²) in [7, 11) is 0. The van der Waals surface area contributed by atoms with E-state index in [2.05, 4.69) is 17.6 Å². The molecule has 0 fully saturated rings. The Kier molecular flexibility index (Phi) is 6.71. The first kappa shape index (κ1) is 20.1. The van der Waals surface area contributed by atoms with Crippen LogP contribution in [0.2, 0.25) is 10.0 Å². The van der Waals surface area contributed by atoms with Crippen LogP contribution in [0, 0.1) is 0 Å². The molecule has 140 valence electrons. The Labute approximate surface area is 177 Å². The van der Waals surface area contributed by atoms with E-state index in [9.17, 15) is 4.79 Å². The van der Waals surface area contributed by atoms with Crippen LogP contribution in [0.3, 0.4) is 0 Å². The lowest BCUT2D eigenvalue weighted by Gasteiger charge is -2.25. The van der Waals surface area contributed by atoms with Crippen molar-refractivity contribution in [3.8, 4) is 0 Å². The molecule has 0 aliphatic heterocycles. The van der Waals surface area contributed by atoms with Gasteiger partial charge in [-0.1, -0.05) is 59.1 Å². The third-order valence-electron chi connectivity index (χ3n) is 3.91. The highest BCUT2D eigenvalue weighted by Gasteiger charge is 2.29. The standard InChI is InChI=1S/C19H15Cl3N2O2S/c20-14-5-1-12(2-6-14)16(18(22)24-10-9-23-11-24)26-19(25)17(27)13-3-7-15(21)8-4-13/h1-11,16-18,27H. The van der Waals surface area contributed by atoms with Gasteiger partial charge in [-0.25, -0.2) is 4.98 Å². The summed E-state index contributed by atoms with van der Waals surface area (Å²) in [5.74, 6) is -0.522. The average molecular weight is 442 g/mol. The molecule has 2 aromatic carbocycles. The number of ether oxygens (including phenoxy) is 1. The highest BCUT2D eigenvalue weighted by atomic mass is 35.5. The SMILES string of the molecule is O=C(OC(c1ccc(Cl)cc1)C(Cl)n1ccnc1)C(S)c1ccc(Cl)cc1. The predicted octanol–water partition coefficient (Wildman–Crippen LogP) is 5.88. The number of aromatic nitrogens is 2. The first-order chi connectivity index (χ1) is 13.0. The number of esters is 1. The molecule has 0 bridgehead atoms. The van der Waals surface area contributed by atoms with E-state index in [1.54, 1.807) is 71.8 Å². The van der Waals surface area contributed by atoms with Crippen LogP contribution in [0.5, 0.6) is 0 Å². The highest BCUT2D eigenvalue weighted by Crippen LogP contribution is 2.36. The summed E-state index contributed by atoms with van der Waals surface area (Å²) in [4.78, 5) is 16.7. The number of imidazole rings is 1. The Morgan fingerprint density at radius 1 is 1.00 bits per heavy atom. The van der Waals surface area contributed by atoms with E-state index in [0.29, 0.717) is 21.2 Å². The molecular formula is C19H15Cl3N2O2S. The summed E-state index contributed by atoms with van der Waals surface area (Å²) in [6, 6.07) is 13.8. The van der Waals surface area contributed by atoms with Gasteiger partial charge in [0.15, 0.2) is 6.10 Å². The monoisotopic (exact) mass is 440 g/mol. The van der Waals surface area contributed by atoms with E-state index < -0.39 is 22.8 Å². The summed E-state index contributed by atoms with van der Waals surface area (Å²) in [6.07, 6.45) is 4.11. The van der Waals surface area contributed by atoms with E-state index in [-0.39, 0.29) is 0 Å². The summed E-state index contributed by atoms with van der Waals surface area (Å²) in [5, 5.41) is 0.377. The van der Waals surface area contributed by atoms with E-state index in [4.69, 9.17) is 39.5 Å². The Morgan fingerprint density at radius 3 is 2.07 bits per heavy atom. The van der Waals surface area contributed by atoms with Gasteiger partial charge in [0.05, 0.1) is 6.33 Å². The molecule has 4 nitrogen and oxygen atoms in total. The minimum atomic E-state index is -0.774. The molecule has 0 amide bonds. The van der Waals surface area contributed by atoms with Crippen molar-refractivity contribution in [3.63, 3.8) is 0 Å². The van der Waals surface area contributed by atoms with E-state index >= 15 is 0 Å². The number of alkyl halides is 1. The first-order valence-corrected chi connectivity index (χ1v) is 9.67. The molecule has 8 heteroatoms. The number of benzene rings is 2. The number of rotatable bonds is 6. The molecule has 0 N–H and O–H groups in total. The van der Waals surface area contributed by atoms with Gasteiger partial charge in [0.2, 0.25) is 0 Å². The summed E-state index contributed by atoms with van der Waals surface area (Å²) < 4.78 is 7.39. The molecule has 3 rings (SSSR count). The van der Waals surface area contributed by atoms with Gasteiger partial charge in [0.25, 0.3) is 0 Å². The maximum atomic E-state index is 12.7. The highest BCUT2D eigenvalue weighted by molar-refractivity contribution is 7.81. The molecular weight excluding hydrogens is 427 g/mol. The molecule has 3 aromatic rings. The number of carbonyl (C=O) groups excluding carboxylic acids is 1. The molecule has 0 spiro atoms. The molecule has 27 heavy (non-hydrogen) atoms. The van der Waals surface area contributed by atoms with Gasteiger partial charge in [-0.05, 0) is 35.4 Å². The Bertz CT molecular complexity index is 886. The lowest BCUT2D eigenvalue weighted by molar-refractivity contribution is -0.150. The van der Waals surface area contributed by atoms with Crippen molar-refractivity contribution in [3.05, 3.63) is 88.4 Å². The van der Waals surface area contributed by atoms with E-state index in [1.807, 2.05) is 0 Å². The van der Waals surface area contributed by atoms with Crippen molar-refractivity contribution in [2.24, 2.45) is 0 Å². The lowest BCUT2D eigenvalue weighted by atomic mass is 10.1. The van der Waals surface area contributed by atoms with E-state index in [0.717, 1.165) is 0 Å². The topological polar surface area (TPSA) is 44.1 Å². The maximum Gasteiger partial charge on any atom is 0.324 e. The van der Waals surface area contributed by atoms with Crippen LogP contribution in [0.1, 0.15) is 28.0 Å². The van der Waals surface area contributed by atoms with Gasteiger partial charge in [0, 0.05) is 22.4 Å². The van der Waals surface area contributed by atoms with Gasteiger partial charge in [-0.2, -0.15) is 12.6 Å². The number of hydrogen-bond acceptors (Lipinski definition) is 4. The van der Waals surface area contributed by atoms with Crippen LogP contribution in [0.25, 0.3) is 0 Å². The van der Waals surface area contributed by atoms with Crippen molar-refractivity contribution in [1.82, 2.24) is 9.55 Å². The minimum absolute atomic E-state index is 0.522. The first-order valence-electron chi connectivity index (χ1n) is 7.96. The molecule has 0 radical (unpaired) electrons. The molecule has 3 atom stereocenters.